The molecule has 0 aliphatic carbocycles. The average molecular weight is 437 g/mol. The Kier molecular flexibility index (Phi) is 6.65. The van der Waals surface area contributed by atoms with Crippen LogP contribution in [0.5, 0.6) is 0 Å². The van der Waals surface area contributed by atoms with Crippen LogP contribution in [-0.2, 0) is 27.4 Å². The molecule has 1 aromatic heterocycles. The summed E-state index contributed by atoms with van der Waals surface area (Å²) in [7, 11) is 1.36. The summed E-state index contributed by atoms with van der Waals surface area (Å²) in [6, 6.07) is 6.74. The molecule has 30 heavy (non-hydrogen) atoms. The molecule has 1 aliphatic rings. The van der Waals surface area contributed by atoms with E-state index in [9.17, 15) is 19.8 Å². The Morgan fingerprint density at radius 1 is 1.33 bits per heavy atom. The zero-order valence-electron chi connectivity index (χ0n) is 16.3. The van der Waals surface area contributed by atoms with Crippen molar-refractivity contribution in [3.8, 4) is 0 Å². The van der Waals surface area contributed by atoms with E-state index < -0.39 is 24.3 Å². The number of ether oxygens (including phenoxy) is 1. The predicted molar refractivity (Wildman–Crippen MR) is 103 cm³/mol. The SMILES string of the molecule is CCOC(=O)C1=CN(Cc2nnn(C[C@H](O)c3ccc(Cl)cc3)n2)C(O)N(C)C1=O. The Bertz CT molecular complexity index is 947. The minimum atomic E-state index is -1.32. The molecule has 12 heteroatoms. The van der Waals surface area contributed by atoms with Crippen molar-refractivity contribution in [1.82, 2.24) is 30.0 Å². The van der Waals surface area contributed by atoms with Gasteiger partial charge in [-0.3, -0.25) is 9.69 Å². The first-order valence-corrected chi connectivity index (χ1v) is 9.48. The van der Waals surface area contributed by atoms with Crippen molar-refractivity contribution in [2.75, 3.05) is 13.7 Å². The van der Waals surface area contributed by atoms with Gasteiger partial charge in [0.2, 0.25) is 6.35 Å². The molecule has 1 aromatic carbocycles. The highest BCUT2D eigenvalue weighted by atomic mass is 35.5. The van der Waals surface area contributed by atoms with Crippen molar-refractivity contribution >= 4 is 23.5 Å². The molecule has 2 heterocycles. The van der Waals surface area contributed by atoms with E-state index in [1.165, 1.54) is 22.9 Å². The van der Waals surface area contributed by atoms with Crippen LogP contribution in [0.25, 0.3) is 0 Å². The maximum atomic E-state index is 12.2. The third-order valence-corrected chi connectivity index (χ3v) is 4.65. The minimum absolute atomic E-state index is 0.0290. The number of carbonyl (C=O) groups excluding carboxylic acids is 2. The summed E-state index contributed by atoms with van der Waals surface area (Å²) in [4.78, 5) is 27.8. The second-order valence-corrected chi connectivity index (χ2v) is 6.96. The number of halogens is 1. The second-order valence-electron chi connectivity index (χ2n) is 6.53. The maximum absolute atomic E-state index is 12.2. The Morgan fingerprint density at radius 3 is 2.70 bits per heavy atom. The molecule has 2 aromatic rings. The van der Waals surface area contributed by atoms with E-state index in [4.69, 9.17) is 16.3 Å². The highest BCUT2D eigenvalue weighted by Gasteiger charge is 2.35. The van der Waals surface area contributed by atoms with Gasteiger partial charge in [0.05, 0.1) is 19.7 Å². The monoisotopic (exact) mass is 436 g/mol. The van der Waals surface area contributed by atoms with Gasteiger partial charge in [0.25, 0.3) is 5.91 Å². The zero-order valence-corrected chi connectivity index (χ0v) is 17.1. The molecule has 3 rings (SSSR count). The van der Waals surface area contributed by atoms with Crippen molar-refractivity contribution in [1.29, 1.82) is 0 Å². The molecule has 0 bridgehead atoms. The van der Waals surface area contributed by atoms with Gasteiger partial charge in [0.1, 0.15) is 11.7 Å². The minimum Gasteiger partial charge on any atom is -0.462 e. The largest absolute Gasteiger partial charge is 0.462 e. The van der Waals surface area contributed by atoms with Crippen molar-refractivity contribution in [3.05, 3.63) is 52.4 Å². The van der Waals surface area contributed by atoms with Crippen LogP contribution in [0.4, 0.5) is 0 Å². The van der Waals surface area contributed by atoms with Gasteiger partial charge < -0.3 is 19.8 Å². The molecular formula is C18H21ClN6O5. The Hall–Kier alpha value is -3.02. The number of hydrogen-bond acceptors (Lipinski definition) is 9. The highest BCUT2D eigenvalue weighted by Crippen LogP contribution is 2.20. The molecule has 11 nitrogen and oxygen atoms in total. The van der Waals surface area contributed by atoms with Crippen LogP contribution in [-0.4, -0.2) is 72.1 Å². The van der Waals surface area contributed by atoms with Crippen LogP contribution < -0.4 is 0 Å². The molecule has 0 saturated carbocycles. The fraction of sp³-hybridized carbons (Fsp3) is 0.389. The number of amides is 1. The molecule has 0 fully saturated rings. The van der Waals surface area contributed by atoms with Gasteiger partial charge in [0, 0.05) is 18.3 Å². The number of tetrazole rings is 1. The summed E-state index contributed by atoms with van der Waals surface area (Å²) in [6.45, 7) is 1.77. The fourth-order valence-corrected chi connectivity index (χ4v) is 2.93. The summed E-state index contributed by atoms with van der Waals surface area (Å²) in [6.07, 6.45) is -0.972. The summed E-state index contributed by atoms with van der Waals surface area (Å²) >= 11 is 5.85. The lowest BCUT2D eigenvalue weighted by Crippen LogP contribution is -2.52. The zero-order chi connectivity index (χ0) is 21.8. The van der Waals surface area contributed by atoms with Crippen LogP contribution in [0.1, 0.15) is 24.4 Å². The lowest BCUT2D eigenvalue weighted by Gasteiger charge is -2.36. The standard InChI is InChI=1S/C18H21ClN6O5/c1-3-30-17(28)13-8-24(18(29)23(2)16(13)27)10-15-20-22-25(21-15)9-14(26)11-4-6-12(19)7-5-11/h4-8,14,18,26,29H,3,9-10H2,1-2H3/t14-,18?/m0/s1. The lowest BCUT2D eigenvalue weighted by atomic mass is 10.1. The van der Waals surface area contributed by atoms with Gasteiger partial charge in [-0.2, -0.15) is 4.80 Å². The molecule has 1 unspecified atom stereocenters. The number of aliphatic hydroxyl groups is 2. The van der Waals surface area contributed by atoms with Crippen LogP contribution in [0.2, 0.25) is 5.02 Å². The quantitative estimate of drug-likeness (QED) is 0.456. The number of rotatable bonds is 7. The predicted octanol–water partition coefficient (Wildman–Crippen LogP) is 0.0570. The molecule has 0 saturated heterocycles. The van der Waals surface area contributed by atoms with Crippen LogP contribution in [0, 0.1) is 0 Å². The van der Waals surface area contributed by atoms with E-state index in [-0.39, 0.29) is 31.1 Å². The smallest absolute Gasteiger partial charge is 0.345 e. The molecule has 2 N–H and O–H groups in total. The third-order valence-electron chi connectivity index (χ3n) is 4.39. The molecule has 160 valence electrons. The number of aliphatic hydroxyl groups excluding tert-OH is 2. The van der Waals surface area contributed by atoms with Gasteiger partial charge in [-0.05, 0) is 29.8 Å². The van der Waals surface area contributed by atoms with Gasteiger partial charge >= 0.3 is 5.97 Å². The number of esters is 1. The number of carbonyl (C=O) groups is 2. The van der Waals surface area contributed by atoms with E-state index in [1.807, 2.05) is 0 Å². The number of likely N-dealkylation sites (N-methyl/N-ethyl adjacent to an activating group) is 1. The molecule has 0 radical (unpaired) electrons. The van der Waals surface area contributed by atoms with Crippen molar-refractivity contribution < 1.29 is 24.5 Å². The van der Waals surface area contributed by atoms with E-state index in [1.54, 1.807) is 31.2 Å². The third kappa shape index (κ3) is 4.75. The van der Waals surface area contributed by atoms with Crippen LogP contribution >= 0.6 is 11.6 Å². The molecule has 0 spiro atoms. The molecular weight excluding hydrogens is 416 g/mol. The van der Waals surface area contributed by atoms with Crippen molar-refractivity contribution in [2.24, 2.45) is 0 Å². The van der Waals surface area contributed by atoms with Gasteiger partial charge in [-0.25, -0.2) is 4.79 Å². The van der Waals surface area contributed by atoms with E-state index >= 15 is 0 Å². The Balaban J connectivity index is 1.71. The summed E-state index contributed by atoms with van der Waals surface area (Å²) in [5.41, 5.74) is 0.432. The van der Waals surface area contributed by atoms with E-state index in [2.05, 4.69) is 15.4 Å². The first-order valence-electron chi connectivity index (χ1n) is 9.10. The van der Waals surface area contributed by atoms with Gasteiger partial charge in [-0.15, -0.1) is 10.2 Å². The maximum Gasteiger partial charge on any atom is 0.345 e. The van der Waals surface area contributed by atoms with Crippen molar-refractivity contribution in [2.45, 2.75) is 32.5 Å². The van der Waals surface area contributed by atoms with Gasteiger partial charge in [-0.1, -0.05) is 23.7 Å². The van der Waals surface area contributed by atoms with E-state index in [0.29, 0.717) is 10.6 Å². The number of benzene rings is 1. The van der Waals surface area contributed by atoms with Crippen LogP contribution in [0.3, 0.4) is 0 Å². The molecule has 1 amide bonds. The first-order chi connectivity index (χ1) is 14.3. The normalized spacial score (nSPS) is 17.7. The van der Waals surface area contributed by atoms with Crippen LogP contribution in [0.15, 0.2) is 36.0 Å². The second kappa shape index (κ2) is 9.20. The Morgan fingerprint density at radius 2 is 2.03 bits per heavy atom. The summed E-state index contributed by atoms with van der Waals surface area (Å²) in [5, 5.41) is 33.2. The number of nitrogens with zero attached hydrogens (tertiary/aromatic N) is 6. The number of hydrogen-bond donors (Lipinski definition) is 2. The summed E-state index contributed by atoms with van der Waals surface area (Å²) in [5.74, 6) is -1.21. The summed E-state index contributed by atoms with van der Waals surface area (Å²) < 4.78 is 4.88. The first kappa shape index (κ1) is 21.7. The van der Waals surface area contributed by atoms with E-state index in [0.717, 1.165) is 4.90 Å². The highest BCUT2D eigenvalue weighted by molar-refractivity contribution is 6.30. The topological polar surface area (TPSA) is 134 Å². The molecule has 2 atom stereocenters. The molecule has 1 aliphatic heterocycles. The lowest BCUT2D eigenvalue weighted by molar-refractivity contribution is -0.156. The van der Waals surface area contributed by atoms with Gasteiger partial charge in [0.15, 0.2) is 5.82 Å². The fourth-order valence-electron chi connectivity index (χ4n) is 2.81. The Labute approximate surface area is 177 Å². The van der Waals surface area contributed by atoms with Crippen molar-refractivity contribution in [3.63, 3.8) is 0 Å². The average Bonchev–Trinajstić information content (AvgIpc) is 3.15. The number of aromatic nitrogens is 4.